The molecule has 0 aromatic heterocycles. The summed E-state index contributed by atoms with van der Waals surface area (Å²) < 4.78 is 0. The van der Waals surface area contributed by atoms with Crippen LogP contribution in [0.3, 0.4) is 0 Å². The highest BCUT2D eigenvalue weighted by atomic mass is 15.1. The van der Waals surface area contributed by atoms with Crippen molar-refractivity contribution in [3.8, 4) is 0 Å². The van der Waals surface area contributed by atoms with Gasteiger partial charge < -0.3 is 10.2 Å². The Labute approximate surface area is 123 Å². The highest BCUT2D eigenvalue weighted by molar-refractivity contribution is 5.58. The molecular weight excluding hydrogens is 244 g/mol. The van der Waals surface area contributed by atoms with Gasteiger partial charge in [0.1, 0.15) is 0 Å². The largest absolute Gasteiger partial charge is 0.382 e. The van der Waals surface area contributed by atoms with Crippen molar-refractivity contribution in [3.63, 3.8) is 0 Å². The average Bonchev–Trinajstić information content (AvgIpc) is 2.96. The molecule has 20 heavy (non-hydrogen) atoms. The van der Waals surface area contributed by atoms with Crippen molar-refractivity contribution in [1.29, 1.82) is 0 Å². The molecule has 0 spiro atoms. The smallest absolute Gasteiger partial charge is 0.0386 e. The van der Waals surface area contributed by atoms with Crippen molar-refractivity contribution >= 4 is 11.4 Å². The topological polar surface area (TPSA) is 15.3 Å². The van der Waals surface area contributed by atoms with Crippen LogP contribution in [0.1, 0.15) is 52.4 Å². The highest BCUT2D eigenvalue weighted by Crippen LogP contribution is 2.36. The van der Waals surface area contributed by atoms with Gasteiger partial charge in [0.15, 0.2) is 0 Å². The Morgan fingerprint density at radius 1 is 1.10 bits per heavy atom. The van der Waals surface area contributed by atoms with E-state index in [4.69, 9.17) is 0 Å². The molecule has 1 aromatic carbocycles. The van der Waals surface area contributed by atoms with Gasteiger partial charge in [-0.3, -0.25) is 0 Å². The van der Waals surface area contributed by atoms with E-state index < -0.39 is 0 Å². The molecule has 0 amide bonds. The van der Waals surface area contributed by atoms with Crippen LogP contribution in [-0.2, 0) is 0 Å². The summed E-state index contributed by atoms with van der Waals surface area (Å²) in [6.07, 6.45) is 7.99. The van der Waals surface area contributed by atoms with E-state index in [0.29, 0.717) is 11.5 Å². The van der Waals surface area contributed by atoms with E-state index in [1.807, 2.05) is 0 Å². The molecule has 1 N–H and O–H groups in total. The maximum atomic E-state index is 3.76. The molecule has 2 aliphatic rings. The fraction of sp³-hybridized carbons (Fsp3) is 0.667. The van der Waals surface area contributed by atoms with Crippen molar-refractivity contribution in [3.05, 3.63) is 24.3 Å². The van der Waals surface area contributed by atoms with Gasteiger partial charge >= 0.3 is 0 Å². The molecule has 0 unspecified atom stereocenters. The lowest BCUT2D eigenvalue weighted by molar-refractivity contribution is 0.232. The summed E-state index contributed by atoms with van der Waals surface area (Å²) in [4.78, 5) is 2.51. The summed E-state index contributed by atoms with van der Waals surface area (Å²) in [5.41, 5.74) is 3.25. The Bertz CT molecular complexity index is 436. The van der Waals surface area contributed by atoms with Crippen LogP contribution in [-0.4, -0.2) is 19.1 Å². The number of nitrogens with zero attached hydrogens (tertiary/aromatic N) is 1. The molecule has 1 aromatic rings. The predicted molar refractivity (Wildman–Crippen MR) is 87.5 cm³/mol. The molecule has 3 rings (SSSR count). The van der Waals surface area contributed by atoms with E-state index >= 15 is 0 Å². The summed E-state index contributed by atoms with van der Waals surface area (Å²) >= 11 is 0. The van der Waals surface area contributed by atoms with Crippen LogP contribution in [0, 0.1) is 5.41 Å². The minimum atomic E-state index is 0.551. The van der Waals surface area contributed by atoms with Crippen LogP contribution in [0.2, 0.25) is 0 Å². The minimum absolute atomic E-state index is 0.551. The van der Waals surface area contributed by atoms with Gasteiger partial charge in [0, 0.05) is 30.5 Å². The van der Waals surface area contributed by atoms with Gasteiger partial charge in [-0.1, -0.05) is 19.9 Å². The molecule has 2 fully saturated rings. The molecule has 2 nitrogen and oxygen atoms in total. The van der Waals surface area contributed by atoms with Crippen molar-refractivity contribution in [2.45, 2.75) is 58.4 Å². The first-order valence-electron chi connectivity index (χ1n) is 8.24. The van der Waals surface area contributed by atoms with Gasteiger partial charge in [-0.2, -0.15) is 0 Å². The van der Waals surface area contributed by atoms with E-state index in [1.165, 1.54) is 63.0 Å². The summed E-state index contributed by atoms with van der Waals surface area (Å²) in [5, 5.41) is 3.76. The first-order valence-corrected chi connectivity index (χ1v) is 8.24. The lowest BCUT2D eigenvalue weighted by atomic mass is 9.75. The van der Waals surface area contributed by atoms with Crippen LogP contribution in [0.5, 0.6) is 0 Å². The molecule has 1 saturated heterocycles. The minimum Gasteiger partial charge on any atom is -0.382 e. The van der Waals surface area contributed by atoms with E-state index in [-0.39, 0.29) is 0 Å². The lowest BCUT2D eigenvalue weighted by Gasteiger charge is -2.35. The zero-order valence-corrected chi connectivity index (χ0v) is 13.0. The molecule has 1 heterocycles. The van der Waals surface area contributed by atoms with Gasteiger partial charge in [-0.15, -0.1) is 0 Å². The number of rotatable bonds is 3. The van der Waals surface area contributed by atoms with E-state index in [0.717, 1.165) is 0 Å². The maximum absolute atomic E-state index is 3.76. The van der Waals surface area contributed by atoms with E-state index in [9.17, 15) is 0 Å². The van der Waals surface area contributed by atoms with Gasteiger partial charge in [0.05, 0.1) is 0 Å². The third kappa shape index (κ3) is 3.28. The number of hydrogen-bond acceptors (Lipinski definition) is 2. The SMILES string of the molecule is CC1(C)CCC(Nc2cccc(N3CCCC3)c2)CC1. The lowest BCUT2D eigenvalue weighted by Crippen LogP contribution is -2.29. The quantitative estimate of drug-likeness (QED) is 0.860. The molecule has 0 radical (unpaired) electrons. The van der Waals surface area contributed by atoms with Crippen LogP contribution in [0.25, 0.3) is 0 Å². The Morgan fingerprint density at radius 3 is 2.50 bits per heavy atom. The molecule has 1 aliphatic heterocycles. The molecule has 1 saturated carbocycles. The fourth-order valence-electron chi connectivity index (χ4n) is 3.55. The standard InChI is InChI=1S/C18H28N2/c1-18(2)10-8-15(9-11-18)19-16-6-5-7-17(14-16)20-12-3-4-13-20/h5-7,14-15,19H,3-4,8-13H2,1-2H3. The maximum Gasteiger partial charge on any atom is 0.0386 e. The first kappa shape index (κ1) is 13.8. The van der Waals surface area contributed by atoms with Crippen LogP contribution < -0.4 is 10.2 Å². The Morgan fingerprint density at radius 2 is 1.80 bits per heavy atom. The second-order valence-corrected chi connectivity index (χ2v) is 7.33. The third-order valence-corrected chi connectivity index (χ3v) is 5.03. The van der Waals surface area contributed by atoms with Crippen molar-refractivity contribution < 1.29 is 0 Å². The monoisotopic (exact) mass is 272 g/mol. The molecule has 2 heteroatoms. The van der Waals surface area contributed by atoms with Crippen LogP contribution in [0.4, 0.5) is 11.4 Å². The number of nitrogens with one attached hydrogen (secondary N) is 1. The van der Waals surface area contributed by atoms with Gasteiger partial charge in [0.2, 0.25) is 0 Å². The van der Waals surface area contributed by atoms with Gasteiger partial charge in [0.25, 0.3) is 0 Å². The van der Waals surface area contributed by atoms with E-state index in [2.05, 4.69) is 48.3 Å². The zero-order valence-electron chi connectivity index (χ0n) is 13.0. The molecular formula is C18H28N2. The van der Waals surface area contributed by atoms with Gasteiger partial charge in [-0.25, -0.2) is 0 Å². The second kappa shape index (κ2) is 5.67. The Hall–Kier alpha value is -1.18. The summed E-state index contributed by atoms with van der Waals surface area (Å²) in [6.45, 7) is 7.25. The Balaban J connectivity index is 1.61. The molecule has 110 valence electrons. The van der Waals surface area contributed by atoms with Crippen LogP contribution >= 0.6 is 0 Å². The zero-order chi connectivity index (χ0) is 14.0. The summed E-state index contributed by atoms with van der Waals surface area (Å²) in [7, 11) is 0. The molecule has 0 atom stereocenters. The number of anilines is 2. The van der Waals surface area contributed by atoms with Gasteiger partial charge in [-0.05, 0) is 62.1 Å². The van der Waals surface area contributed by atoms with Crippen molar-refractivity contribution in [1.82, 2.24) is 0 Å². The second-order valence-electron chi connectivity index (χ2n) is 7.33. The number of hydrogen-bond donors (Lipinski definition) is 1. The van der Waals surface area contributed by atoms with Crippen molar-refractivity contribution in [2.75, 3.05) is 23.3 Å². The molecule has 0 bridgehead atoms. The van der Waals surface area contributed by atoms with E-state index in [1.54, 1.807) is 0 Å². The van der Waals surface area contributed by atoms with Crippen LogP contribution in [0.15, 0.2) is 24.3 Å². The number of benzene rings is 1. The fourth-order valence-corrected chi connectivity index (χ4v) is 3.55. The Kier molecular flexibility index (Phi) is 3.91. The summed E-state index contributed by atoms with van der Waals surface area (Å²) in [6, 6.07) is 9.67. The third-order valence-electron chi connectivity index (χ3n) is 5.03. The normalized spacial score (nSPS) is 23.0. The highest BCUT2D eigenvalue weighted by Gasteiger charge is 2.26. The first-order chi connectivity index (χ1) is 9.62. The average molecular weight is 272 g/mol. The predicted octanol–water partition coefficient (Wildman–Crippen LogP) is 4.67. The molecule has 1 aliphatic carbocycles. The van der Waals surface area contributed by atoms with Crippen molar-refractivity contribution in [2.24, 2.45) is 5.41 Å². The summed E-state index contributed by atoms with van der Waals surface area (Å²) in [5.74, 6) is 0.